The molecule has 5 aliphatic carbocycles. The predicted molar refractivity (Wildman–Crippen MR) is 307 cm³/mol. The maximum Gasteiger partial charge on any atom is 0.342 e. The number of hydrogen-bond donors (Lipinski definition) is 0. The van der Waals surface area contributed by atoms with Gasteiger partial charge in [-0.05, 0) is 68.8 Å². The summed E-state index contributed by atoms with van der Waals surface area (Å²) < 4.78 is 46.0. The lowest BCUT2D eigenvalue weighted by atomic mass is 9.62. The maximum atomic E-state index is 12.2. The Morgan fingerprint density at radius 1 is 0.367 bits per heavy atom. The zero-order valence-electron chi connectivity index (χ0n) is 52.4. The number of hydrogen-bond acceptors (Lipinski definition) is 30. The van der Waals surface area contributed by atoms with Gasteiger partial charge < -0.3 is 47.4 Å². The third-order valence-corrected chi connectivity index (χ3v) is 20.9. The Hall–Kier alpha value is -10.4. The highest BCUT2D eigenvalue weighted by molar-refractivity contribution is 6.11. The summed E-state index contributed by atoms with van der Waals surface area (Å²) in [7, 11) is 0. The van der Waals surface area contributed by atoms with E-state index in [1.807, 2.05) is 44.2 Å². The van der Waals surface area contributed by atoms with Crippen LogP contribution in [0.15, 0.2) is 76.9 Å². The van der Waals surface area contributed by atoms with Gasteiger partial charge in [-0.15, -0.1) is 0 Å². The van der Waals surface area contributed by atoms with Crippen molar-refractivity contribution in [3.05, 3.63) is 82.5 Å². The standard InChI is InChI=1S/C18H14O6.C14H14O6.C13H12O6.C12H10O6.C11H10O6/c19-13-8-18(9-14(20)23-13)6-11(10-4-2-1-3-5-10)15-12(7-18)16(21)24-17(15)22;1-2-7-3-14(5-9(15)19-10(16)6-14)4-8-11(7)13(18)20-12(8)17;1-6-2-13(4-8(14)18-9(15)5-13)3-7-10(6)12(17)19-11(7)16;13-8-4-12(5-9(14)17-8)2-1-6-7(3-12)11(16)18-10(6)15;12-7-4-11(10(15)16-7)2-5-1-6(3-11)9(14)17-8(5)13/h1-5,7,11,15H,6,8-9H2;4,7,11H,2-3,5-6H2,1H3;3,6,10H,2,4-5H2,1H3;3,6H,1-2,4-5H2;5-6H,1-4H2. The van der Waals surface area contributed by atoms with E-state index in [-0.39, 0.29) is 105 Å². The van der Waals surface area contributed by atoms with Crippen LogP contribution in [0.25, 0.3) is 0 Å². The largest absolute Gasteiger partial charge is 0.393 e. The Balaban J connectivity index is 0.000000117. The first-order valence-corrected chi connectivity index (χ1v) is 31.8. The lowest BCUT2D eigenvalue weighted by Gasteiger charge is -2.40. The molecular formula is C68H60O30. The van der Waals surface area contributed by atoms with E-state index in [1.54, 1.807) is 24.3 Å². The van der Waals surface area contributed by atoms with Crippen LogP contribution in [0.4, 0.5) is 0 Å². The van der Waals surface area contributed by atoms with Crippen molar-refractivity contribution in [2.45, 2.75) is 135 Å². The molecule has 2 bridgehead atoms. The molecule has 1 aromatic carbocycles. The van der Waals surface area contributed by atoms with Gasteiger partial charge in [-0.1, -0.05) is 74.9 Å². The molecule has 5 spiro atoms. The van der Waals surface area contributed by atoms with Crippen LogP contribution >= 0.6 is 0 Å². The number of esters is 20. The smallest absolute Gasteiger partial charge is 0.342 e. The molecule has 15 aliphatic rings. The van der Waals surface area contributed by atoms with Crippen molar-refractivity contribution in [1.82, 2.24) is 0 Å². The van der Waals surface area contributed by atoms with Crippen LogP contribution in [0.5, 0.6) is 0 Å². The number of rotatable bonds is 2. The molecule has 11 fully saturated rings. The molecule has 0 N–H and O–H groups in total. The number of fused-ring (bicyclic) bond motifs is 6. The van der Waals surface area contributed by atoms with Crippen LogP contribution in [0.2, 0.25) is 0 Å². The number of carbonyl (C=O) groups excluding carboxylic acids is 20. The van der Waals surface area contributed by atoms with Gasteiger partial charge in [-0.3, -0.25) is 76.7 Å². The first-order valence-electron chi connectivity index (χ1n) is 31.8. The van der Waals surface area contributed by atoms with Gasteiger partial charge in [0.1, 0.15) is 0 Å². The lowest BCUT2D eigenvalue weighted by molar-refractivity contribution is -0.180. The Bertz CT molecular complexity index is 3950. The van der Waals surface area contributed by atoms with E-state index >= 15 is 0 Å². The molecule has 9 unspecified atom stereocenters. The molecule has 0 radical (unpaired) electrons. The average Bonchev–Trinajstić information content (AvgIpc) is 1.48. The highest BCUT2D eigenvalue weighted by Gasteiger charge is 2.60. The van der Waals surface area contributed by atoms with Gasteiger partial charge in [0.25, 0.3) is 0 Å². The topological polar surface area (TPSA) is 434 Å². The molecule has 9 atom stereocenters. The fraction of sp³-hybridized carbons (Fsp3) is 0.500. The van der Waals surface area contributed by atoms with Crippen molar-refractivity contribution in [2.75, 3.05) is 0 Å². The summed E-state index contributed by atoms with van der Waals surface area (Å²) in [5.74, 6) is -15.7. The van der Waals surface area contributed by atoms with Gasteiger partial charge in [0, 0.05) is 49.9 Å². The van der Waals surface area contributed by atoms with Gasteiger partial charge in [-0.2, -0.15) is 0 Å². The first kappa shape index (κ1) is 67.6. The summed E-state index contributed by atoms with van der Waals surface area (Å²) in [6.07, 6.45) is 10.7. The maximum absolute atomic E-state index is 12.2. The molecule has 512 valence electrons. The molecule has 1 aromatic rings. The van der Waals surface area contributed by atoms with Crippen LogP contribution in [0.3, 0.4) is 0 Å². The van der Waals surface area contributed by atoms with Gasteiger partial charge in [0.05, 0.1) is 98.7 Å². The van der Waals surface area contributed by atoms with Crippen molar-refractivity contribution < 1.29 is 143 Å². The summed E-state index contributed by atoms with van der Waals surface area (Å²) in [5.41, 5.74) is -1.86. The number of allylic oxidation sites excluding steroid dienone is 4. The Labute approximate surface area is 553 Å². The summed E-state index contributed by atoms with van der Waals surface area (Å²) in [6, 6.07) is 9.31. The highest BCUT2D eigenvalue weighted by Crippen LogP contribution is 2.56. The number of cyclic esters (lactones) is 20. The van der Waals surface area contributed by atoms with E-state index in [2.05, 4.69) is 42.6 Å². The number of ether oxygens (including phenoxy) is 10. The summed E-state index contributed by atoms with van der Waals surface area (Å²) >= 11 is 0. The zero-order valence-corrected chi connectivity index (χ0v) is 52.4. The lowest BCUT2D eigenvalue weighted by Crippen LogP contribution is -2.47. The Morgan fingerprint density at radius 3 is 1.22 bits per heavy atom. The van der Waals surface area contributed by atoms with Gasteiger partial charge >= 0.3 is 119 Å². The monoisotopic (exact) mass is 1360 g/mol. The molecule has 30 heteroatoms. The SMILES string of the molecule is CC1CC2(C=C3C(=O)OC(=O)C31)CC(=O)OC(=O)C2.CCC1CC2(C=C3C(=O)OC(=O)C31)CC(=O)OC(=O)C2.O=C1CC2(C=C3C(=O)OC(=O)C3C(c3ccccc3)C2)CC(=O)O1.O=C1CC2(C=C3C(=O)OC(=O)C3CC2)CC(=O)O1.O=C1CC2(CC3CC(C2)C(=O)OC3=O)C(=O)O1. The molecular weight excluding hydrogens is 1300 g/mol. The second-order valence-electron chi connectivity index (χ2n) is 27.8. The van der Waals surface area contributed by atoms with E-state index in [9.17, 15) is 95.9 Å². The molecule has 10 saturated heterocycles. The molecule has 1 saturated carbocycles. The fourth-order valence-electron chi connectivity index (χ4n) is 16.9. The normalized spacial score (nSPS) is 32.2. The second-order valence-corrected chi connectivity index (χ2v) is 27.8. The van der Waals surface area contributed by atoms with Gasteiger partial charge in [-0.25, -0.2) is 19.2 Å². The molecule has 98 heavy (non-hydrogen) atoms. The third kappa shape index (κ3) is 12.9. The van der Waals surface area contributed by atoms with E-state index in [0.717, 1.165) is 5.56 Å². The Morgan fingerprint density at radius 2 is 0.755 bits per heavy atom. The van der Waals surface area contributed by atoms with Crippen LogP contribution in [-0.4, -0.2) is 119 Å². The molecule has 0 aromatic heterocycles. The molecule has 10 heterocycles. The first-order chi connectivity index (χ1) is 46.3. The van der Waals surface area contributed by atoms with Crippen LogP contribution in [0.1, 0.15) is 141 Å². The fourth-order valence-corrected chi connectivity index (χ4v) is 16.9. The summed E-state index contributed by atoms with van der Waals surface area (Å²) in [5, 5.41) is 0. The van der Waals surface area contributed by atoms with E-state index < -0.39 is 182 Å². The summed E-state index contributed by atoms with van der Waals surface area (Å²) in [4.78, 5) is 232. The summed E-state index contributed by atoms with van der Waals surface area (Å²) in [6.45, 7) is 3.74. The van der Waals surface area contributed by atoms with E-state index in [1.165, 1.54) is 0 Å². The third-order valence-electron chi connectivity index (χ3n) is 20.9. The highest BCUT2D eigenvalue weighted by atomic mass is 16.6. The van der Waals surface area contributed by atoms with Crippen molar-refractivity contribution in [1.29, 1.82) is 0 Å². The van der Waals surface area contributed by atoms with Crippen LogP contribution in [0, 0.1) is 74.4 Å². The Kier molecular flexibility index (Phi) is 17.4. The van der Waals surface area contributed by atoms with Gasteiger partial charge in [0.15, 0.2) is 0 Å². The quantitative estimate of drug-likeness (QED) is 0.233. The molecule has 30 nitrogen and oxygen atoms in total. The minimum Gasteiger partial charge on any atom is -0.393 e. The average molecular weight is 1360 g/mol. The van der Waals surface area contributed by atoms with E-state index in [0.29, 0.717) is 50.5 Å². The van der Waals surface area contributed by atoms with Crippen molar-refractivity contribution in [3.63, 3.8) is 0 Å². The molecule has 16 rings (SSSR count). The van der Waals surface area contributed by atoms with Crippen molar-refractivity contribution in [3.8, 4) is 0 Å². The molecule has 10 aliphatic heterocycles. The predicted octanol–water partition coefficient (Wildman–Crippen LogP) is 3.25. The minimum absolute atomic E-state index is 0.0137. The number of benzene rings is 1. The minimum atomic E-state index is -0.972. The van der Waals surface area contributed by atoms with Crippen LogP contribution in [-0.2, 0) is 143 Å². The van der Waals surface area contributed by atoms with Gasteiger partial charge in [0.2, 0.25) is 0 Å². The van der Waals surface area contributed by atoms with Crippen molar-refractivity contribution >= 4 is 119 Å². The zero-order chi connectivity index (χ0) is 70.3. The van der Waals surface area contributed by atoms with E-state index in [4.69, 9.17) is 4.74 Å². The van der Waals surface area contributed by atoms with Crippen LogP contribution < -0.4 is 0 Å². The van der Waals surface area contributed by atoms with Crippen molar-refractivity contribution in [2.24, 2.45) is 74.4 Å². The molecule has 0 amide bonds. The second kappa shape index (κ2) is 25.2. The number of carbonyl (C=O) groups is 20.